The van der Waals surface area contributed by atoms with Crippen LogP contribution in [0.3, 0.4) is 0 Å². The molecule has 4 nitrogen and oxygen atoms in total. The minimum Gasteiger partial charge on any atom is -0.342 e. The number of carbonyl (C=O) groups excluding carboxylic acids is 2. The Morgan fingerprint density at radius 1 is 1.21 bits per heavy atom. The van der Waals surface area contributed by atoms with Crippen LogP contribution in [0.2, 0.25) is 0 Å². The summed E-state index contributed by atoms with van der Waals surface area (Å²) in [7, 11) is 0. The van der Waals surface area contributed by atoms with Crippen LogP contribution < -0.4 is 5.32 Å². The molecule has 3 rings (SSSR count). The Kier molecular flexibility index (Phi) is 4.66. The Balaban J connectivity index is 1.66. The maximum absolute atomic E-state index is 12.9. The summed E-state index contributed by atoms with van der Waals surface area (Å²) in [5, 5.41) is 2.96. The average Bonchev–Trinajstić information content (AvgIpc) is 3.36. The van der Waals surface area contributed by atoms with E-state index in [0.29, 0.717) is 24.7 Å². The van der Waals surface area contributed by atoms with E-state index in [-0.39, 0.29) is 11.8 Å². The summed E-state index contributed by atoms with van der Waals surface area (Å²) >= 11 is 0. The van der Waals surface area contributed by atoms with E-state index in [1.807, 2.05) is 29.2 Å². The van der Waals surface area contributed by atoms with E-state index >= 15 is 0 Å². The van der Waals surface area contributed by atoms with Crippen LogP contribution in [0, 0.1) is 11.3 Å². The Morgan fingerprint density at radius 2 is 1.88 bits per heavy atom. The fourth-order valence-electron chi connectivity index (χ4n) is 3.54. The van der Waals surface area contributed by atoms with Crippen LogP contribution in [-0.2, 0) is 9.59 Å². The molecule has 2 aliphatic rings. The van der Waals surface area contributed by atoms with Crippen molar-refractivity contribution in [2.75, 3.05) is 18.4 Å². The first-order valence-corrected chi connectivity index (χ1v) is 9.13. The maximum atomic E-state index is 12.9. The molecule has 1 heterocycles. The number of rotatable bonds is 4. The normalized spacial score (nSPS) is 22.3. The van der Waals surface area contributed by atoms with E-state index in [0.717, 1.165) is 25.2 Å². The van der Waals surface area contributed by atoms with Crippen LogP contribution in [0.1, 0.15) is 57.9 Å². The van der Waals surface area contributed by atoms with E-state index in [1.165, 1.54) is 12.0 Å². The summed E-state index contributed by atoms with van der Waals surface area (Å²) < 4.78 is 0. The summed E-state index contributed by atoms with van der Waals surface area (Å²) in [5.74, 6) is 0.894. The monoisotopic (exact) mass is 328 g/mol. The van der Waals surface area contributed by atoms with Gasteiger partial charge in [-0.3, -0.25) is 9.59 Å². The second kappa shape index (κ2) is 6.58. The van der Waals surface area contributed by atoms with Crippen LogP contribution >= 0.6 is 0 Å². The predicted octanol–water partition coefficient (Wildman–Crippen LogP) is 3.79. The van der Waals surface area contributed by atoms with Gasteiger partial charge in [-0.1, -0.05) is 32.9 Å². The van der Waals surface area contributed by atoms with E-state index in [2.05, 4.69) is 26.1 Å². The maximum Gasteiger partial charge on any atom is 0.240 e. The molecule has 2 amide bonds. The van der Waals surface area contributed by atoms with Crippen molar-refractivity contribution in [1.29, 1.82) is 0 Å². The highest BCUT2D eigenvalue weighted by Crippen LogP contribution is 2.48. The van der Waals surface area contributed by atoms with E-state index in [4.69, 9.17) is 0 Å². The topological polar surface area (TPSA) is 49.4 Å². The van der Waals surface area contributed by atoms with Crippen molar-refractivity contribution in [2.24, 2.45) is 11.3 Å². The van der Waals surface area contributed by atoms with Crippen molar-refractivity contribution in [2.45, 2.75) is 52.4 Å². The number of carbonyl (C=O) groups is 2. The van der Waals surface area contributed by atoms with Crippen molar-refractivity contribution >= 4 is 17.5 Å². The first-order valence-electron chi connectivity index (χ1n) is 9.13. The zero-order chi connectivity index (χ0) is 17.3. The van der Waals surface area contributed by atoms with Crippen LogP contribution in [0.4, 0.5) is 5.69 Å². The third-order valence-electron chi connectivity index (χ3n) is 5.37. The SMILES string of the molecule is CC1CCCN(C(=O)C2(C(=O)Nc3ccc(C(C)C)cc3)CC2)C1. The fourth-order valence-corrected chi connectivity index (χ4v) is 3.54. The number of likely N-dealkylation sites (tertiary alicyclic amines) is 1. The van der Waals surface area contributed by atoms with Gasteiger partial charge in [0, 0.05) is 18.8 Å². The molecule has 24 heavy (non-hydrogen) atoms. The Morgan fingerprint density at radius 3 is 2.42 bits per heavy atom. The standard InChI is InChI=1S/C20H28N2O2/c1-14(2)16-6-8-17(9-7-16)21-18(23)20(10-11-20)19(24)22-12-4-5-15(3)13-22/h6-9,14-15H,4-5,10-13H2,1-3H3,(H,21,23). The number of hydrogen-bond acceptors (Lipinski definition) is 2. The molecule has 1 atom stereocenters. The predicted molar refractivity (Wildman–Crippen MR) is 95.8 cm³/mol. The van der Waals surface area contributed by atoms with E-state index in [1.54, 1.807) is 0 Å². The molecular formula is C20H28N2O2. The highest BCUT2D eigenvalue weighted by molar-refractivity contribution is 6.13. The van der Waals surface area contributed by atoms with Crippen molar-refractivity contribution in [1.82, 2.24) is 4.90 Å². The highest BCUT2D eigenvalue weighted by atomic mass is 16.2. The van der Waals surface area contributed by atoms with Gasteiger partial charge in [-0.25, -0.2) is 0 Å². The first-order chi connectivity index (χ1) is 11.4. The summed E-state index contributed by atoms with van der Waals surface area (Å²) in [5.41, 5.74) is 1.20. The van der Waals surface area contributed by atoms with Crippen molar-refractivity contribution in [3.05, 3.63) is 29.8 Å². The molecule has 130 valence electrons. The number of piperidine rings is 1. The van der Waals surface area contributed by atoms with Crippen molar-refractivity contribution < 1.29 is 9.59 Å². The van der Waals surface area contributed by atoms with Gasteiger partial charge in [0.15, 0.2) is 0 Å². The Hall–Kier alpha value is -1.84. The lowest BCUT2D eigenvalue weighted by atomic mass is 9.96. The van der Waals surface area contributed by atoms with Gasteiger partial charge in [0.2, 0.25) is 11.8 Å². The largest absolute Gasteiger partial charge is 0.342 e. The summed E-state index contributed by atoms with van der Waals surface area (Å²) in [6.45, 7) is 8.05. The molecule has 0 radical (unpaired) electrons. The number of nitrogens with one attached hydrogen (secondary N) is 1. The fraction of sp³-hybridized carbons (Fsp3) is 0.600. The molecular weight excluding hydrogens is 300 g/mol. The molecule has 1 saturated carbocycles. The zero-order valence-electron chi connectivity index (χ0n) is 15.0. The molecule has 1 aromatic rings. The average molecular weight is 328 g/mol. The summed E-state index contributed by atoms with van der Waals surface area (Å²) in [6, 6.07) is 7.93. The summed E-state index contributed by atoms with van der Waals surface area (Å²) in [4.78, 5) is 27.5. The first kappa shape index (κ1) is 17.0. The molecule has 0 spiro atoms. The minimum atomic E-state index is -0.812. The van der Waals surface area contributed by atoms with Gasteiger partial charge in [-0.2, -0.15) is 0 Å². The second-order valence-corrected chi connectivity index (χ2v) is 7.81. The molecule has 1 N–H and O–H groups in total. The van der Waals surface area contributed by atoms with E-state index < -0.39 is 5.41 Å². The molecule has 0 aromatic heterocycles. The quantitative estimate of drug-likeness (QED) is 0.855. The van der Waals surface area contributed by atoms with Crippen molar-refractivity contribution in [3.8, 4) is 0 Å². The molecule has 1 unspecified atom stereocenters. The van der Waals surface area contributed by atoms with E-state index in [9.17, 15) is 9.59 Å². The highest BCUT2D eigenvalue weighted by Gasteiger charge is 2.58. The molecule has 1 aliphatic carbocycles. The number of nitrogens with zero attached hydrogens (tertiary/aromatic N) is 1. The Labute approximate surface area is 144 Å². The molecule has 1 saturated heterocycles. The van der Waals surface area contributed by atoms with Crippen LogP contribution in [-0.4, -0.2) is 29.8 Å². The summed E-state index contributed by atoms with van der Waals surface area (Å²) in [6.07, 6.45) is 3.56. The molecule has 4 heteroatoms. The smallest absolute Gasteiger partial charge is 0.240 e. The lowest BCUT2D eigenvalue weighted by molar-refractivity contribution is -0.143. The Bertz CT molecular complexity index is 617. The minimum absolute atomic E-state index is 0.0327. The van der Waals surface area contributed by atoms with Crippen molar-refractivity contribution in [3.63, 3.8) is 0 Å². The van der Waals surface area contributed by atoms with Gasteiger partial charge in [0.25, 0.3) is 0 Å². The molecule has 2 fully saturated rings. The molecule has 1 aromatic carbocycles. The lowest BCUT2D eigenvalue weighted by Gasteiger charge is -2.33. The van der Waals surface area contributed by atoms with Gasteiger partial charge >= 0.3 is 0 Å². The van der Waals surface area contributed by atoms with Gasteiger partial charge < -0.3 is 10.2 Å². The van der Waals surface area contributed by atoms with Crippen LogP contribution in [0.15, 0.2) is 24.3 Å². The van der Waals surface area contributed by atoms with Gasteiger partial charge in [-0.05, 0) is 55.2 Å². The number of amides is 2. The second-order valence-electron chi connectivity index (χ2n) is 7.81. The van der Waals surface area contributed by atoms with Crippen LogP contribution in [0.25, 0.3) is 0 Å². The van der Waals surface area contributed by atoms with Gasteiger partial charge in [0.1, 0.15) is 5.41 Å². The number of benzene rings is 1. The molecule has 0 bridgehead atoms. The van der Waals surface area contributed by atoms with Gasteiger partial charge in [0.05, 0.1) is 0 Å². The zero-order valence-corrected chi connectivity index (χ0v) is 15.0. The third-order valence-corrected chi connectivity index (χ3v) is 5.37. The van der Waals surface area contributed by atoms with Crippen LogP contribution in [0.5, 0.6) is 0 Å². The molecule has 1 aliphatic heterocycles. The number of anilines is 1. The van der Waals surface area contributed by atoms with Gasteiger partial charge in [-0.15, -0.1) is 0 Å². The number of hydrogen-bond donors (Lipinski definition) is 1. The lowest BCUT2D eigenvalue weighted by Crippen LogP contribution is -2.46. The third kappa shape index (κ3) is 3.33.